The molecular formula is C20H36N4O11. The fourth-order valence-corrected chi connectivity index (χ4v) is 5.35. The average molecular weight is 509 g/mol. The summed E-state index contributed by atoms with van der Waals surface area (Å²) in [6, 6.07) is -3.49. The van der Waals surface area contributed by atoms with E-state index in [2.05, 4.69) is 0 Å². The van der Waals surface area contributed by atoms with E-state index in [1.54, 1.807) is 6.92 Å². The van der Waals surface area contributed by atoms with Gasteiger partial charge in [-0.3, -0.25) is 0 Å². The number of likely N-dealkylation sites (N-methyl/N-ethyl adjacent to an activating group) is 1. The van der Waals surface area contributed by atoms with Crippen LogP contribution < -0.4 is 17.2 Å². The molecule has 0 bridgehead atoms. The van der Waals surface area contributed by atoms with Crippen LogP contribution in [0.15, 0.2) is 0 Å². The number of hydrogen-bond acceptors (Lipinski definition) is 14. The summed E-state index contributed by atoms with van der Waals surface area (Å²) in [5, 5.41) is 51.6. The summed E-state index contributed by atoms with van der Waals surface area (Å²) in [7, 11) is 1.49. The van der Waals surface area contributed by atoms with Gasteiger partial charge in [0, 0.05) is 19.1 Å². The Balaban J connectivity index is 1.46. The SMILES string of the molecule is CN1C(=O)O[C@@]2(C)CO[C@H](O[C@@H]3[C@@H](O)[C@H](O[C@H]4O[C@H](CO)[C@@H](O)[C@H](O)[C@H]4N)[C@@H](N)C[C@H]3N)[C@H](O)[C@@H]12. The zero-order valence-corrected chi connectivity index (χ0v) is 19.5. The maximum Gasteiger partial charge on any atom is 0.410 e. The van der Waals surface area contributed by atoms with E-state index in [1.165, 1.54) is 11.9 Å². The van der Waals surface area contributed by atoms with Crippen molar-refractivity contribution in [3.63, 3.8) is 0 Å². The van der Waals surface area contributed by atoms with Crippen LogP contribution in [0.1, 0.15) is 13.3 Å². The van der Waals surface area contributed by atoms with E-state index in [-0.39, 0.29) is 13.0 Å². The van der Waals surface area contributed by atoms with Gasteiger partial charge in [-0.2, -0.15) is 0 Å². The Bertz CT molecular complexity index is 779. The van der Waals surface area contributed by atoms with Crippen molar-refractivity contribution in [1.82, 2.24) is 4.90 Å². The smallest absolute Gasteiger partial charge is 0.410 e. The van der Waals surface area contributed by atoms with Crippen LogP contribution in [0.4, 0.5) is 4.79 Å². The summed E-state index contributed by atoms with van der Waals surface area (Å²) in [5.41, 5.74) is 17.2. The highest BCUT2D eigenvalue weighted by Gasteiger charge is 2.59. The Labute approximate surface area is 201 Å². The van der Waals surface area contributed by atoms with Crippen LogP contribution in [0.2, 0.25) is 0 Å². The van der Waals surface area contributed by atoms with Gasteiger partial charge >= 0.3 is 6.09 Å². The first-order valence-electron chi connectivity index (χ1n) is 11.5. The fourth-order valence-electron chi connectivity index (χ4n) is 5.35. The highest BCUT2D eigenvalue weighted by atomic mass is 16.7. The number of fused-ring (bicyclic) bond motifs is 1. The minimum Gasteiger partial charge on any atom is -0.438 e. The van der Waals surface area contributed by atoms with Crippen molar-refractivity contribution >= 4 is 6.09 Å². The minimum atomic E-state index is -1.45. The van der Waals surface area contributed by atoms with E-state index < -0.39 is 97.8 Å². The summed E-state index contributed by atoms with van der Waals surface area (Å²) in [6.07, 6.45) is -12.0. The standard InChI is InChI=1S/C20H36N4O11/c1-20-5-31-18(13(29)16(20)24(2)19(30)35-20)34-15-7(22)3-6(21)14(12(15)28)33-17-9(23)11(27)10(26)8(4-25)32-17/h6-18,25-29H,3-5,21-23H2,1-2H3/t6-,7+,8+,9+,10+,11+,12-,13+,14+,15-,16+,17+,18+,20-/m0/s1. The van der Waals surface area contributed by atoms with Crippen LogP contribution in [0.3, 0.4) is 0 Å². The van der Waals surface area contributed by atoms with Gasteiger partial charge in [0.2, 0.25) is 0 Å². The number of hydrogen-bond donors (Lipinski definition) is 8. The molecule has 11 N–H and O–H groups in total. The Morgan fingerprint density at radius 2 is 1.60 bits per heavy atom. The lowest BCUT2D eigenvalue weighted by molar-refractivity contribution is -0.314. The zero-order valence-electron chi connectivity index (χ0n) is 19.5. The molecule has 3 aliphatic heterocycles. The van der Waals surface area contributed by atoms with Gasteiger partial charge in [-0.05, 0) is 13.3 Å². The number of nitrogens with zero attached hydrogens (tertiary/aromatic N) is 1. The van der Waals surface area contributed by atoms with E-state index in [0.717, 1.165) is 0 Å². The summed E-state index contributed by atoms with van der Waals surface area (Å²) in [6.45, 7) is 0.986. The Morgan fingerprint density at radius 3 is 2.20 bits per heavy atom. The van der Waals surface area contributed by atoms with E-state index >= 15 is 0 Å². The number of carbonyl (C=O) groups excluding carboxylic acids is 1. The van der Waals surface area contributed by atoms with Crippen LogP contribution in [-0.2, 0) is 23.7 Å². The van der Waals surface area contributed by atoms with Gasteiger partial charge in [0.05, 0.1) is 19.3 Å². The van der Waals surface area contributed by atoms with E-state index in [1.807, 2.05) is 0 Å². The summed E-state index contributed by atoms with van der Waals surface area (Å²) >= 11 is 0. The van der Waals surface area contributed by atoms with Gasteiger partial charge in [-0.1, -0.05) is 0 Å². The molecule has 0 radical (unpaired) electrons. The number of nitrogens with two attached hydrogens (primary N) is 3. The molecular weight excluding hydrogens is 472 g/mol. The largest absolute Gasteiger partial charge is 0.438 e. The lowest BCUT2D eigenvalue weighted by Gasteiger charge is -2.48. The third-order valence-corrected chi connectivity index (χ3v) is 7.36. The molecule has 15 nitrogen and oxygen atoms in total. The van der Waals surface area contributed by atoms with Crippen LogP contribution in [0.25, 0.3) is 0 Å². The van der Waals surface area contributed by atoms with Crippen molar-refractivity contribution in [2.75, 3.05) is 20.3 Å². The molecule has 0 aromatic rings. The molecule has 0 aromatic carbocycles. The first-order valence-corrected chi connectivity index (χ1v) is 11.5. The molecule has 14 atom stereocenters. The van der Waals surface area contributed by atoms with Crippen LogP contribution >= 0.6 is 0 Å². The normalized spacial score (nSPS) is 52.8. The molecule has 4 aliphatic rings. The Kier molecular flexibility index (Phi) is 7.61. The maximum absolute atomic E-state index is 12.0. The highest BCUT2D eigenvalue weighted by molar-refractivity contribution is 5.71. The van der Waals surface area contributed by atoms with Crippen LogP contribution in [0.5, 0.6) is 0 Å². The number of rotatable bonds is 5. The van der Waals surface area contributed by atoms with Crippen LogP contribution in [0, 0.1) is 0 Å². The summed E-state index contributed by atoms with van der Waals surface area (Å²) in [4.78, 5) is 13.3. The molecule has 1 saturated carbocycles. The molecule has 15 heteroatoms. The first-order chi connectivity index (χ1) is 16.4. The van der Waals surface area contributed by atoms with E-state index in [0.29, 0.717) is 0 Å². The summed E-state index contributed by atoms with van der Waals surface area (Å²) in [5.74, 6) is 0. The molecule has 0 spiro atoms. The first kappa shape index (κ1) is 26.8. The third-order valence-electron chi connectivity index (χ3n) is 7.36. The van der Waals surface area contributed by atoms with Crippen molar-refractivity contribution in [1.29, 1.82) is 0 Å². The quantitative estimate of drug-likeness (QED) is 0.173. The van der Waals surface area contributed by atoms with Crippen molar-refractivity contribution in [3.8, 4) is 0 Å². The summed E-state index contributed by atoms with van der Waals surface area (Å²) < 4.78 is 28.2. The van der Waals surface area contributed by atoms with E-state index in [9.17, 15) is 30.3 Å². The predicted molar refractivity (Wildman–Crippen MR) is 114 cm³/mol. The average Bonchev–Trinajstić information content (AvgIpc) is 3.04. The van der Waals surface area contributed by atoms with Gasteiger partial charge < -0.3 is 71.3 Å². The third kappa shape index (κ3) is 4.65. The molecule has 0 unspecified atom stereocenters. The van der Waals surface area contributed by atoms with Crippen molar-refractivity contribution in [3.05, 3.63) is 0 Å². The molecule has 35 heavy (non-hydrogen) atoms. The predicted octanol–water partition coefficient (Wildman–Crippen LogP) is -5.13. The lowest BCUT2D eigenvalue weighted by Crippen LogP contribution is -2.69. The Morgan fingerprint density at radius 1 is 1.00 bits per heavy atom. The second kappa shape index (κ2) is 9.92. The maximum atomic E-state index is 12.0. The van der Waals surface area contributed by atoms with Crippen molar-refractivity contribution in [2.24, 2.45) is 17.2 Å². The molecule has 1 aliphatic carbocycles. The minimum absolute atomic E-state index is 0.0551. The topological polar surface area (TPSA) is 246 Å². The zero-order chi connectivity index (χ0) is 25.8. The van der Waals surface area contributed by atoms with Crippen molar-refractivity contribution < 1.29 is 54.0 Å². The molecule has 0 aromatic heterocycles. The number of aliphatic hydroxyl groups excluding tert-OH is 5. The van der Waals surface area contributed by atoms with Gasteiger partial charge in [0.1, 0.15) is 48.8 Å². The number of amides is 1. The van der Waals surface area contributed by atoms with Crippen LogP contribution in [-0.4, -0.2) is 142 Å². The van der Waals surface area contributed by atoms with E-state index in [4.69, 9.17) is 40.9 Å². The highest BCUT2D eigenvalue weighted by Crippen LogP contribution is 2.38. The van der Waals surface area contributed by atoms with Gasteiger partial charge in [0.15, 0.2) is 18.2 Å². The Hall–Kier alpha value is -1.21. The molecule has 4 rings (SSSR count). The molecule has 3 saturated heterocycles. The second-order valence-electron chi connectivity index (χ2n) is 9.95. The number of carbonyl (C=O) groups is 1. The monoisotopic (exact) mass is 508 g/mol. The molecule has 202 valence electrons. The fraction of sp³-hybridized carbons (Fsp3) is 0.950. The van der Waals surface area contributed by atoms with Gasteiger partial charge in [-0.15, -0.1) is 0 Å². The van der Waals surface area contributed by atoms with Gasteiger partial charge in [-0.25, -0.2) is 4.79 Å². The molecule has 3 heterocycles. The number of ether oxygens (including phenoxy) is 5. The molecule has 4 fully saturated rings. The number of aliphatic hydroxyl groups is 5. The lowest BCUT2D eigenvalue weighted by atomic mass is 9.84. The molecule has 1 amide bonds. The second-order valence-corrected chi connectivity index (χ2v) is 9.95. The van der Waals surface area contributed by atoms with Gasteiger partial charge in [0.25, 0.3) is 0 Å². The van der Waals surface area contributed by atoms with Crippen molar-refractivity contribution in [2.45, 2.75) is 98.4 Å².